The summed E-state index contributed by atoms with van der Waals surface area (Å²) >= 11 is 0. The average molecular weight is 407 g/mol. The number of aromatic nitrogens is 1. The van der Waals surface area contributed by atoms with Crippen LogP contribution in [-0.4, -0.2) is 23.0 Å². The molecule has 3 rings (SSSR count). The normalized spacial score (nSPS) is 11.7. The zero-order chi connectivity index (χ0) is 21.7. The van der Waals surface area contributed by atoms with Gasteiger partial charge in [-0.2, -0.15) is 0 Å². The third-order valence-corrected chi connectivity index (χ3v) is 4.93. The maximum Gasteiger partial charge on any atom is 0.338 e. The number of nitrogens with zero attached hydrogens (tertiary/aromatic N) is 1. The third kappa shape index (κ3) is 4.95. The number of hydrogen-bond donors (Lipinski definition) is 0. The molecule has 1 aromatic heterocycles. The van der Waals surface area contributed by atoms with Crippen molar-refractivity contribution in [1.82, 2.24) is 5.16 Å². The minimum atomic E-state index is -0.892. The van der Waals surface area contributed by atoms with Crippen LogP contribution < -0.4 is 4.74 Å². The van der Waals surface area contributed by atoms with Gasteiger partial charge >= 0.3 is 5.97 Å². The minimum Gasteiger partial charge on any atom is -0.489 e. The van der Waals surface area contributed by atoms with E-state index in [1.54, 1.807) is 43.3 Å². The standard InChI is InChI=1S/C24H25NO5/c1-5-18-9-11-19(12-10-18)23(26)17(4)29-24(27)20-7-6-8-21(13-20)28-14-22-15(2)25-30-16(22)3/h6-13,17H,5,14H2,1-4H3/t17-/m1/s1. The molecule has 30 heavy (non-hydrogen) atoms. The predicted molar refractivity (Wildman–Crippen MR) is 112 cm³/mol. The van der Waals surface area contributed by atoms with Crippen LogP contribution in [0.4, 0.5) is 0 Å². The topological polar surface area (TPSA) is 78.6 Å². The Morgan fingerprint density at radius 2 is 1.80 bits per heavy atom. The van der Waals surface area contributed by atoms with E-state index >= 15 is 0 Å². The number of carbonyl (C=O) groups is 2. The summed E-state index contributed by atoms with van der Waals surface area (Å²) in [5, 5.41) is 3.90. The summed E-state index contributed by atoms with van der Waals surface area (Å²) in [6.45, 7) is 7.57. The summed E-state index contributed by atoms with van der Waals surface area (Å²) in [4.78, 5) is 25.1. The van der Waals surface area contributed by atoms with Crippen LogP contribution in [0.15, 0.2) is 53.1 Å². The highest BCUT2D eigenvalue weighted by atomic mass is 16.5. The van der Waals surface area contributed by atoms with E-state index in [2.05, 4.69) is 5.16 Å². The van der Waals surface area contributed by atoms with Gasteiger partial charge in [0.1, 0.15) is 18.1 Å². The van der Waals surface area contributed by atoms with E-state index in [9.17, 15) is 9.59 Å². The second-order valence-corrected chi connectivity index (χ2v) is 7.08. The number of esters is 1. The molecule has 0 bridgehead atoms. The lowest BCUT2D eigenvalue weighted by atomic mass is 10.0. The number of hydrogen-bond acceptors (Lipinski definition) is 6. The molecule has 0 saturated heterocycles. The molecule has 0 fully saturated rings. The summed E-state index contributed by atoms with van der Waals surface area (Å²) in [7, 11) is 0. The van der Waals surface area contributed by atoms with Crippen LogP contribution in [0.25, 0.3) is 0 Å². The van der Waals surface area contributed by atoms with Crippen molar-refractivity contribution in [2.75, 3.05) is 0 Å². The van der Waals surface area contributed by atoms with E-state index in [4.69, 9.17) is 14.0 Å². The molecule has 0 amide bonds. The van der Waals surface area contributed by atoms with Crippen LogP contribution in [0.1, 0.15) is 57.1 Å². The summed E-state index contributed by atoms with van der Waals surface area (Å²) < 4.78 is 16.3. The van der Waals surface area contributed by atoms with Crippen molar-refractivity contribution < 1.29 is 23.6 Å². The molecule has 6 heteroatoms. The predicted octanol–water partition coefficient (Wildman–Crippen LogP) is 4.86. The largest absolute Gasteiger partial charge is 0.489 e. The molecule has 156 valence electrons. The first kappa shape index (κ1) is 21.3. The molecule has 6 nitrogen and oxygen atoms in total. The van der Waals surface area contributed by atoms with Gasteiger partial charge in [-0.05, 0) is 51.0 Å². The van der Waals surface area contributed by atoms with Crippen molar-refractivity contribution in [1.29, 1.82) is 0 Å². The molecular weight excluding hydrogens is 382 g/mol. The molecular formula is C24H25NO5. The van der Waals surface area contributed by atoms with Gasteiger partial charge in [0, 0.05) is 5.56 Å². The van der Waals surface area contributed by atoms with Crippen molar-refractivity contribution in [3.63, 3.8) is 0 Å². The van der Waals surface area contributed by atoms with Crippen molar-refractivity contribution in [2.24, 2.45) is 0 Å². The molecule has 1 atom stereocenters. The Bertz CT molecular complexity index is 1020. The average Bonchev–Trinajstić information content (AvgIpc) is 3.09. The van der Waals surface area contributed by atoms with Gasteiger partial charge in [0.05, 0.1) is 16.8 Å². The van der Waals surface area contributed by atoms with Gasteiger partial charge in [0.25, 0.3) is 0 Å². The van der Waals surface area contributed by atoms with Crippen LogP contribution in [0.5, 0.6) is 5.75 Å². The maximum atomic E-state index is 12.6. The number of ether oxygens (including phenoxy) is 2. The Kier molecular flexibility index (Phi) is 6.67. The summed E-state index contributed by atoms with van der Waals surface area (Å²) in [5.41, 5.74) is 3.61. The van der Waals surface area contributed by atoms with Crippen LogP contribution >= 0.6 is 0 Å². The van der Waals surface area contributed by atoms with Gasteiger partial charge in [-0.15, -0.1) is 0 Å². The Hall–Kier alpha value is -3.41. The second-order valence-electron chi connectivity index (χ2n) is 7.08. The molecule has 3 aromatic rings. The third-order valence-electron chi connectivity index (χ3n) is 4.93. The van der Waals surface area contributed by atoms with Gasteiger partial charge in [-0.3, -0.25) is 4.79 Å². The first-order valence-corrected chi connectivity index (χ1v) is 9.87. The second kappa shape index (κ2) is 9.39. The molecule has 0 radical (unpaired) electrons. The van der Waals surface area contributed by atoms with Crippen LogP contribution in [0.2, 0.25) is 0 Å². The van der Waals surface area contributed by atoms with E-state index in [0.29, 0.717) is 22.6 Å². The van der Waals surface area contributed by atoms with E-state index < -0.39 is 12.1 Å². The lowest BCUT2D eigenvalue weighted by Crippen LogP contribution is -2.24. The molecule has 2 aromatic carbocycles. The molecule has 0 saturated carbocycles. The van der Waals surface area contributed by atoms with E-state index in [1.807, 2.05) is 32.9 Å². The molecule has 0 aliphatic rings. The van der Waals surface area contributed by atoms with Crippen LogP contribution in [0, 0.1) is 13.8 Å². The maximum absolute atomic E-state index is 12.6. The fraction of sp³-hybridized carbons (Fsp3) is 0.292. The van der Waals surface area contributed by atoms with E-state index in [-0.39, 0.29) is 12.4 Å². The number of aryl methyl sites for hydroxylation is 3. The number of ketones is 1. The van der Waals surface area contributed by atoms with Crippen molar-refractivity contribution in [3.8, 4) is 5.75 Å². The van der Waals surface area contributed by atoms with Gasteiger partial charge in [-0.25, -0.2) is 4.79 Å². The SMILES string of the molecule is CCc1ccc(C(=O)[C@@H](C)OC(=O)c2cccc(OCc3c(C)noc3C)c2)cc1. The smallest absolute Gasteiger partial charge is 0.338 e. The summed E-state index contributed by atoms with van der Waals surface area (Å²) in [6, 6.07) is 14.0. The quantitative estimate of drug-likeness (QED) is 0.392. The lowest BCUT2D eigenvalue weighted by molar-refractivity contribution is 0.0318. The molecule has 0 N–H and O–H groups in total. The van der Waals surface area contributed by atoms with Crippen LogP contribution in [-0.2, 0) is 17.8 Å². The zero-order valence-electron chi connectivity index (χ0n) is 17.6. The van der Waals surface area contributed by atoms with Crippen molar-refractivity contribution in [3.05, 3.63) is 82.2 Å². The monoisotopic (exact) mass is 407 g/mol. The molecule has 0 aliphatic heterocycles. The number of carbonyl (C=O) groups excluding carboxylic acids is 2. The Balaban J connectivity index is 1.63. The molecule has 1 heterocycles. The van der Waals surface area contributed by atoms with Gasteiger partial charge in [0.2, 0.25) is 5.78 Å². The van der Waals surface area contributed by atoms with E-state index in [0.717, 1.165) is 23.2 Å². The van der Waals surface area contributed by atoms with Gasteiger partial charge in [0.15, 0.2) is 6.10 Å². The summed E-state index contributed by atoms with van der Waals surface area (Å²) in [5.74, 6) is 0.390. The van der Waals surface area contributed by atoms with Crippen LogP contribution in [0.3, 0.4) is 0 Å². The first-order chi connectivity index (χ1) is 14.4. The van der Waals surface area contributed by atoms with Crippen molar-refractivity contribution in [2.45, 2.75) is 46.8 Å². The molecule has 0 aliphatic carbocycles. The van der Waals surface area contributed by atoms with Crippen molar-refractivity contribution >= 4 is 11.8 Å². The number of Topliss-reactive ketones (excluding diaryl/α,β-unsaturated/α-hetero) is 1. The molecule has 0 unspecified atom stereocenters. The van der Waals surface area contributed by atoms with Gasteiger partial charge in [-0.1, -0.05) is 42.4 Å². The Morgan fingerprint density at radius 1 is 1.07 bits per heavy atom. The molecule has 0 spiro atoms. The first-order valence-electron chi connectivity index (χ1n) is 9.87. The minimum absolute atomic E-state index is 0.239. The zero-order valence-corrected chi connectivity index (χ0v) is 17.6. The summed E-state index contributed by atoms with van der Waals surface area (Å²) in [6.07, 6.45) is 0.00469. The fourth-order valence-corrected chi connectivity index (χ4v) is 3.00. The fourth-order valence-electron chi connectivity index (χ4n) is 3.00. The Labute approximate surface area is 175 Å². The Morgan fingerprint density at radius 3 is 2.43 bits per heavy atom. The number of benzene rings is 2. The number of rotatable bonds is 8. The lowest BCUT2D eigenvalue weighted by Gasteiger charge is -2.13. The van der Waals surface area contributed by atoms with Gasteiger partial charge < -0.3 is 14.0 Å². The highest BCUT2D eigenvalue weighted by Gasteiger charge is 2.21. The highest BCUT2D eigenvalue weighted by molar-refractivity contribution is 6.01. The highest BCUT2D eigenvalue weighted by Crippen LogP contribution is 2.19. The van der Waals surface area contributed by atoms with E-state index in [1.165, 1.54) is 0 Å².